The van der Waals surface area contributed by atoms with E-state index in [1.165, 1.54) is 18.6 Å². The van der Waals surface area contributed by atoms with Crippen molar-refractivity contribution in [1.82, 2.24) is 15.0 Å². The van der Waals surface area contributed by atoms with E-state index in [4.69, 9.17) is 0 Å². The Hall–Kier alpha value is -1.49. The van der Waals surface area contributed by atoms with Gasteiger partial charge >= 0.3 is 0 Å². The van der Waals surface area contributed by atoms with E-state index in [2.05, 4.69) is 33.9 Å². The van der Waals surface area contributed by atoms with E-state index in [1.807, 2.05) is 23.9 Å². The molecule has 1 N–H and O–H groups in total. The van der Waals surface area contributed by atoms with Crippen LogP contribution in [0.2, 0.25) is 0 Å². The summed E-state index contributed by atoms with van der Waals surface area (Å²) in [6, 6.07) is 8.16. The molecule has 0 aliphatic heterocycles. The number of rotatable bonds is 7. The zero-order valence-corrected chi connectivity index (χ0v) is 11.4. The van der Waals surface area contributed by atoms with Crippen molar-refractivity contribution < 1.29 is 0 Å². The average molecular weight is 262 g/mol. The van der Waals surface area contributed by atoms with E-state index in [0.29, 0.717) is 0 Å². The van der Waals surface area contributed by atoms with Crippen LogP contribution in [0.25, 0.3) is 5.69 Å². The van der Waals surface area contributed by atoms with E-state index in [-0.39, 0.29) is 0 Å². The second kappa shape index (κ2) is 7.06. The number of aromatic nitrogens is 3. The van der Waals surface area contributed by atoms with Crippen LogP contribution in [0, 0.1) is 0 Å². The van der Waals surface area contributed by atoms with Gasteiger partial charge in [-0.2, -0.15) is 26.8 Å². The first-order chi connectivity index (χ1) is 8.90. The van der Waals surface area contributed by atoms with Gasteiger partial charge in [0, 0.05) is 12.2 Å². The van der Waals surface area contributed by atoms with Crippen LogP contribution in [0.1, 0.15) is 12.8 Å². The Labute approximate surface area is 112 Å². The summed E-state index contributed by atoms with van der Waals surface area (Å²) < 4.78 is 0. The molecular weight excluding hydrogens is 244 g/mol. The summed E-state index contributed by atoms with van der Waals surface area (Å²) >= 11 is 1.90. The van der Waals surface area contributed by atoms with Crippen LogP contribution in [-0.4, -0.2) is 33.5 Å². The first-order valence-electron chi connectivity index (χ1n) is 6.10. The summed E-state index contributed by atoms with van der Waals surface area (Å²) in [5.41, 5.74) is 2.13. The lowest BCUT2D eigenvalue weighted by molar-refractivity contribution is 0.752. The van der Waals surface area contributed by atoms with Crippen molar-refractivity contribution in [2.45, 2.75) is 12.8 Å². The van der Waals surface area contributed by atoms with Crippen LogP contribution in [0.15, 0.2) is 36.7 Å². The van der Waals surface area contributed by atoms with Crippen LogP contribution in [0.5, 0.6) is 0 Å². The smallest absolute Gasteiger partial charge is 0.0858 e. The quantitative estimate of drug-likeness (QED) is 0.779. The van der Waals surface area contributed by atoms with Gasteiger partial charge in [-0.3, -0.25) is 0 Å². The molecule has 0 saturated carbocycles. The van der Waals surface area contributed by atoms with Crippen molar-refractivity contribution in [3.05, 3.63) is 36.7 Å². The van der Waals surface area contributed by atoms with Gasteiger partial charge in [0.2, 0.25) is 0 Å². The first kappa shape index (κ1) is 13.0. The molecule has 0 spiro atoms. The number of hydrogen-bond acceptors (Lipinski definition) is 4. The summed E-state index contributed by atoms with van der Waals surface area (Å²) in [5, 5.41) is 11.6. The Balaban J connectivity index is 1.81. The fourth-order valence-corrected chi connectivity index (χ4v) is 2.16. The minimum absolute atomic E-state index is 0.980. The van der Waals surface area contributed by atoms with Crippen molar-refractivity contribution in [1.29, 1.82) is 0 Å². The van der Waals surface area contributed by atoms with Gasteiger partial charge in [0.15, 0.2) is 0 Å². The fourth-order valence-electron chi connectivity index (χ4n) is 1.67. The van der Waals surface area contributed by atoms with Crippen LogP contribution in [-0.2, 0) is 0 Å². The van der Waals surface area contributed by atoms with E-state index >= 15 is 0 Å². The third-order valence-electron chi connectivity index (χ3n) is 2.62. The molecule has 0 saturated heterocycles. The summed E-state index contributed by atoms with van der Waals surface area (Å²) in [7, 11) is 0. The maximum Gasteiger partial charge on any atom is 0.0858 e. The van der Waals surface area contributed by atoms with Crippen molar-refractivity contribution in [3.8, 4) is 5.69 Å². The average Bonchev–Trinajstić information content (AvgIpc) is 2.93. The number of thioether (sulfide) groups is 1. The number of benzene rings is 1. The highest BCUT2D eigenvalue weighted by Crippen LogP contribution is 2.12. The highest BCUT2D eigenvalue weighted by atomic mass is 32.2. The summed E-state index contributed by atoms with van der Waals surface area (Å²) in [5.74, 6) is 1.24. The van der Waals surface area contributed by atoms with Gasteiger partial charge in [0.05, 0.1) is 18.1 Å². The number of hydrogen-bond donors (Lipinski definition) is 1. The lowest BCUT2D eigenvalue weighted by Gasteiger charge is -2.06. The van der Waals surface area contributed by atoms with Gasteiger partial charge in [-0.1, -0.05) is 0 Å². The van der Waals surface area contributed by atoms with Crippen LogP contribution >= 0.6 is 11.8 Å². The molecule has 0 amide bonds. The molecule has 2 rings (SSSR count). The third-order valence-corrected chi connectivity index (χ3v) is 3.32. The van der Waals surface area contributed by atoms with E-state index in [0.717, 1.165) is 17.9 Å². The number of nitrogens with zero attached hydrogens (tertiary/aromatic N) is 3. The minimum Gasteiger partial charge on any atom is -0.385 e. The second-order valence-corrected chi connectivity index (χ2v) is 4.98. The Morgan fingerprint density at radius 2 is 1.83 bits per heavy atom. The Morgan fingerprint density at radius 3 is 2.50 bits per heavy atom. The molecule has 0 aliphatic rings. The zero-order valence-electron chi connectivity index (χ0n) is 10.5. The number of unbranched alkanes of at least 4 members (excludes halogenated alkanes) is 1. The molecule has 0 bridgehead atoms. The molecule has 0 radical (unpaired) electrons. The lowest BCUT2D eigenvalue weighted by atomic mass is 10.2. The highest BCUT2D eigenvalue weighted by molar-refractivity contribution is 7.98. The van der Waals surface area contributed by atoms with Gasteiger partial charge < -0.3 is 5.32 Å². The maximum atomic E-state index is 4.09. The van der Waals surface area contributed by atoms with Crippen molar-refractivity contribution in [2.75, 3.05) is 23.9 Å². The van der Waals surface area contributed by atoms with Crippen LogP contribution in [0.3, 0.4) is 0 Å². The molecule has 5 heteroatoms. The molecule has 18 heavy (non-hydrogen) atoms. The Bertz CT molecular complexity index is 439. The Morgan fingerprint density at radius 1 is 1.11 bits per heavy atom. The molecule has 4 nitrogen and oxygen atoms in total. The van der Waals surface area contributed by atoms with Crippen molar-refractivity contribution in [2.24, 2.45) is 0 Å². The second-order valence-electron chi connectivity index (χ2n) is 3.99. The van der Waals surface area contributed by atoms with Crippen LogP contribution in [0.4, 0.5) is 5.69 Å². The number of anilines is 1. The molecule has 2 aromatic rings. The first-order valence-corrected chi connectivity index (χ1v) is 7.49. The lowest BCUT2D eigenvalue weighted by Crippen LogP contribution is -2.03. The van der Waals surface area contributed by atoms with Gasteiger partial charge in [-0.05, 0) is 49.1 Å². The van der Waals surface area contributed by atoms with E-state index < -0.39 is 0 Å². The molecule has 0 aliphatic carbocycles. The molecule has 0 unspecified atom stereocenters. The predicted molar refractivity (Wildman–Crippen MR) is 77.5 cm³/mol. The topological polar surface area (TPSA) is 42.7 Å². The molecule has 0 fully saturated rings. The minimum atomic E-state index is 0.980. The summed E-state index contributed by atoms with van der Waals surface area (Å²) in [4.78, 5) is 1.61. The molecule has 1 heterocycles. The third kappa shape index (κ3) is 3.77. The highest BCUT2D eigenvalue weighted by Gasteiger charge is 1.97. The largest absolute Gasteiger partial charge is 0.385 e. The van der Waals surface area contributed by atoms with Gasteiger partial charge in [-0.25, -0.2) is 0 Å². The maximum absolute atomic E-state index is 4.09. The number of nitrogens with one attached hydrogen (secondary N) is 1. The van der Waals surface area contributed by atoms with Crippen molar-refractivity contribution in [3.63, 3.8) is 0 Å². The standard InChI is InChI=1S/C13H18N4S/c1-18-11-3-2-8-14-12-4-6-13(7-5-12)17-15-9-10-16-17/h4-7,9-10,14H,2-3,8,11H2,1H3. The van der Waals surface area contributed by atoms with E-state index in [9.17, 15) is 0 Å². The monoisotopic (exact) mass is 262 g/mol. The molecule has 96 valence electrons. The Kier molecular flexibility index (Phi) is 5.08. The van der Waals surface area contributed by atoms with Gasteiger partial charge in [0.1, 0.15) is 0 Å². The normalized spacial score (nSPS) is 10.5. The zero-order chi connectivity index (χ0) is 12.6. The predicted octanol–water partition coefficient (Wildman–Crippen LogP) is 2.82. The van der Waals surface area contributed by atoms with Crippen molar-refractivity contribution >= 4 is 17.4 Å². The SMILES string of the molecule is CSCCCCNc1ccc(-n2nccn2)cc1. The molecule has 1 aromatic heterocycles. The van der Waals surface area contributed by atoms with Crippen LogP contribution < -0.4 is 5.32 Å². The molecular formula is C13H18N4S. The van der Waals surface area contributed by atoms with Gasteiger partial charge in [-0.15, -0.1) is 0 Å². The van der Waals surface area contributed by atoms with Gasteiger partial charge in [0.25, 0.3) is 0 Å². The summed E-state index contributed by atoms with van der Waals surface area (Å²) in [6.07, 6.45) is 7.98. The summed E-state index contributed by atoms with van der Waals surface area (Å²) in [6.45, 7) is 1.03. The molecule has 0 atom stereocenters. The fraction of sp³-hybridized carbons (Fsp3) is 0.385. The molecule has 1 aromatic carbocycles. The van der Waals surface area contributed by atoms with E-state index in [1.54, 1.807) is 17.2 Å².